The molecule has 4 aromatic rings. The molecule has 0 aliphatic carbocycles. The second kappa shape index (κ2) is 14.6. The van der Waals surface area contributed by atoms with Crippen molar-refractivity contribution in [3.05, 3.63) is 105 Å². The molecule has 0 saturated heterocycles. The molecule has 8 nitrogen and oxygen atoms in total. The molecule has 0 fully saturated rings. The summed E-state index contributed by atoms with van der Waals surface area (Å²) in [5, 5.41) is 38.0. The quantitative estimate of drug-likeness (QED) is 0.159. The van der Waals surface area contributed by atoms with E-state index in [0.29, 0.717) is 11.1 Å². The van der Waals surface area contributed by atoms with Crippen LogP contribution in [0.15, 0.2) is 104 Å². The number of hydrogen-bond acceptors (Lipinski definition) is 8. The summed E-state index contributed by atoms with van der Waals surface area (Å²) in [7, 11) is 0. The number of nitrogens with zero attached hydrogens (tertiary/aromatic N) is 6. The normalized spacial score (nSPS) is 11.8. The van der Waals surface area contributed by atoms with Crippen LogP contribution in [-0.2, 0) is 19.5 Å². The average Bonchev–Trinajstić information content (AvgIpc) is 3.55. The fourth-order valence-electron chi connectivity index (χ4n) is 2.13. The van der Waals surface area contributed by atoms with E-state index in [-0.39, 0.29) is 31.3 Å². The smallest absolute Gasteiger partial charge is 0.238 e. The topological polar surface area (TPSA) is 116 Å². The summed E-state index contributed by atoms with van der Waals surface area (Å²) in [5.41, 5.74) is 1.19. The molecule has 2 N–H and O–H groups in total. The summed E-state index contributed by atoms with van der Waals surface area (Å²) in [6.07, 6.45) is 9.55. The molecule has 11 heteroatoms. The van der Waals surface area contributed by atoms with Crippen molar-refractivity contribution in [1.29, 1.82) is 0 Å². The van der Waals surface area contributed by atoms with Gasteiger partial charge in [-0.05, 0) is 47.2 Å². The molecule has 0 unspecified atom stereocenters. The largest absolute Gasteiger partial charge is 0.492 e. The molecule has 0 spiro atoms. The van der Waals surface area contributed by atoms with Crippen molar-refractivity contribution < 1.29 is 29.7 Å². The fraction of sp³-hybridized carbons (Fsp3) is 0. The molecular formula is C22H18N6O2S2Zn. The number of rotatable bonds is 6. The van der Waals surface area contributed by atoms with E-state index in [1.165, 1.54) is 0 Å². The van der Waals surface area contributed by atoms with Gasteiger partial charge in [0.1, 0.15) is 0 Å². The van der Waals surface area contributed by atoms with Gasteiger partial charge in [-0.3, -0.25) is 9.97 Å². The SMILES string of the molecule is O/C(=N/N=C/c1cccs1)c1ccncc1.O/C(=N/N=C/c1cccs1)c1ccncc1.[Zn]. The van der Waals surface area contributed by atoms with E-state index in [0.717, 1.165) is 9.75 Å². The zero-order chi connectivity index (χ0) is 22.4. The Labute approximate surface area is 211 Å². The molecule has 0 aromatic carbocycles. The predicted octanol–water partition coefficient (Wildman–Crippen LogP) is 4.96. The van der Waals surface area contributed by atoms with Crippen molar-refractivity contribution in [3.63, 3.8) is 0 Å². The third kappa shape index (κ3) is 9.32. The minimum Gasteiger partial charge on any atom is -0.492 e. The van der Waals surface area contributed by atoms with Gasteiger partial charge in [-0.2, -0.15) is 10.2 Å². The summed E-state index contributed by atoms with van der Waals surface area (Å²) < 4.78 is 0. The van der Waals surface area contributed by atoms with E-state index in [1.807, 2.05) is 35.0 Å². The van der Waals surface area contributed by atoms with Gasteiger partial charge in [0.25, 0.3) is 0 Å². The Balaban J connectivity index is 0.000000227. The van der Waals surface area contributed by atoms with Gasteiger partial charge < -0.3 is 10.2 Å². The van der Waals surface area contributed by atoms with Crippen LogP contribution in [0.5, 0.6) is 0 Å². The Morgan fingerprint density at radius 2 is 1.06 bits per heavy atom. The maximum Gasteiger partial charge on any atom is 0.238 e. The zero-order valence-corrected chi connectivity index (χ0v) is 21.9. The van der Waals surface area contributed by atoms with Crippen molar-refractivity contribution >= 4 is 46.9 Å². The van der Waals surface area contributed by atoms with Crippen molar-refractivity contribution in [2.24, 2.45) is 20.4 Å². The first-order valence-corrected chi connectivity index (χ1v) is 11.0. The van der Waals surface area contributed by atoms with Crippen LogP contribution in [0.25, 0.3) is 0 Å². The average molecular weight is 528 g/mol. The number of aliphatic hydroxyl groups excluding tert-OH is 2. The van der Waals surface area contributed by atoms with Gasteiger partial charge in [0, 0.05) is 65.1 Å². The van der Waals surface area contributed by atoms with Crippen LogP contribution in [-0.4, -0.2) is 44.4 Å². The van der Waals surface area contributed by atoms with Crippen molar-refractivity contribution in [1.82, 2.24) is 9.97 Å². The number of pyridine rings is 2. The van der Waals surface area contributed by atoms with Gasteiger partial charge in [-0.25, -0.2) is 0 Å². The Morgan fingerprint density at radius 1 is 0.667 bits per heavy atom. The maximum atomic E-state index is 9.56. The standard InChI is InChI=1S/2C11H9N3OS.Zn/c2*15-11(9-3-5-12-6-4-9)14-13-8-10-2-1-7-16-10;/h2*1-8H,(H,14,15);/b2*13-8+;. The summed E-state index contributed by atoms with van der Waals surface area (Å²) >= 11 is 3.12. The minimum absolute atomic E-state index is 0. The molecule has 0 saturated carbocycles. The Kier molecular flexibility index (Phi) is 11.5. The number of aromatic nitrogens is 2. The van der Waals surface area contributed by atoms with Crippen molar-refractivity contribution in [2.75, 3.05) is 0 Å². The van der Waals surface area contributed by atoms with Crippen LogP contribution in [0.3, 0.4) is 0 Å². The van der Waals surface area contributed by atoms with Gasteiger partial charge >= 0.3 is 0 Å². The number of aliphatic hydroxyl groups is 2. The van der Waals surface area contributed by atoms with Gasteiger partial charge in [-0.15, -0.1) is 32.9 Å². The zero-order valence-electron chi connectivity index (χ0n) is 17.3. The van der Waals surface area contributed by atoms with E-state index >= 15 is 0 Å². The summed E-state index contributed by atoms with van der Waals surface area (Å²) in [6.45, 7) is 0. The van der Waals surface area contributed by atoms with Gasteiger partial charge in [0.2, 0.25) is 11.8 Å². The first-order chi connectivity index (χ1) is 15.7. The van der Waals surface area contributed by atoms with E-state index in [9.17, 15) is 10.2 Å². The molecule has 4 rings (SSSR count). The van der Waals surface area contributed by atoms with Crippen LogP contribution in [0.1, 0.15) is 20.9 Å². The first kappa shape index (κ1) is 25.9. The molecule has 0 bridgehead atoms. The van der Waals surface area contributed by atoms with Crippen LogP contribution < -0.4 is 0 Å². The van der Waals surface area contributed by atoms with Crippen molar-refractivity contribution in [3.8, 4) is 0 Å². The summed E-state index contributed by atoms with van der Waals surface area (Å²) in [6, 6.07) is 14.4. The number of thiophene rings is 2. The Hall–Kier alpha value is -3.40. The monoisotopic (exact) mass is 526 g/mol. The molecule has 162 valence electrons. The molecule has 33 heavy (non-hydrogen) atoms. The Bertz CT molecular complexity index is 1080. The van der Waals surface area contributed by atoms with Crippen LogP contribution in [0, 0.1) is 0 Å². The van der Waals surface area contributed by atoms with Gasteiger partial charge in [0.15, 0.2) is 0 Å². The second-order valence-electron chi connectivity index (χ2n) is 5.84. The van der Waals surface area contributed by atoms with Crippen LogP contribution in [0.2, 0.25) is 0 Å². The third-order valence-electron chi connectivity index (χ3n) is 3.64. The van der Waals surface area contributed by atoms with E-state index < -0.39 is 0 Å². The second-order valence-corrected chi connectivity index (χ2v) is 7.80. The van der Waals surface area contributed by atoms with E-state index in [2.05, 4.69) is 30.4 Å². The van der Waals surface area contributed by atoms with Crippen LogP contribution in [0.4, 0.5) is 0 Å². The third-order valence-corrected chi connectivity index (χ3v) is 5.25. The summed E-state index contributed by atoms with van der Waals surface area (Å²) in [4.78, 5) is 9.68. The van der Waals surface area contributed by atoms with E-state index in [4.69, 9.17) is 0 Å². The maximum absolute atomic E-state index is 9.56. The molecule has 4 heterocycles. The van der Waals surface area contributed by atoms with Crippen LogP contribution >= 0.6 is 22.7 Å². The minimum atomic E-state index is -0.116. The van der Waals surface area contributed by atoms with Crippen molar-refractivity contribution in [2.45, 2.75) is 0 Å². The number of hydrogen-bond donors (Lipinski definition) is 2. The molecule has 0 aliphatic heterocycles. The van der Waals surface area contributed by atoms with E-state index in [1.54, 1.807) is 84.2 Å². The van der Waals surface area contributed by atoms with Gasteiger partial charge in [0.05, 0.1) is 12.4 Å². The summed E-state index contributed by atoms with van der Waals surface area (Å²) in [5.74, 6) is -0.231. The molecule has 0 amide bonds. The molecule has 4 aromatic heterocycles. The molecule has 0 aliphatic rings. The first-order valence-electron chi connectivity index (χ1n) is 9.20. The fourth-order valence-corrected chi connectivity index (χ4v) is 3.29. The molecule has 0 radical (unpaired) electrons. The predicted molar refractivity (Wildman–Crippen MR) is 131 cm³/mol. The Morgan fingerprint density at radius 3 is 1.39 bits per heavy atom. The van der Waals surface area contributed by atoms with Gasteiger partial charge in [-0.1, -0.05) is 12.1 Å². The molecule has 0 atom stereocenters. The molecular weight excluding hydrogens is 510 g/mol.